The van der Waals surface area contributed by atoms with Crippen LogP contribution in [0.25, 0.3) is 0 Å². The van der Waals surface area contributed by atoms with Crippen LogP contribution >= 0.6 is 0 Å². The van der Waals surface area contributed by atoms with Gasteiger partial charge in [0.25, 0.3) is 0 Å². The maximum Gasteiger partial charge on any atom is 0.196 e. The fraction of sp³-hybridized carbons (Fsp3) is 0.381. The van der Waals surface area contributed by atoms with E-state index in [9.17, 15) is 0 Å². The second kappa shape index (κ2) is 11.1. The molecule has 0 aliphatic carbocycles. The molecule has 0 saturated carbocycles. The zero-order valence-corrected chi connectivity index (χ0v) is 16.5. The lowest BCUT2D eigenvalue weighted by atomic mass is 10.1. The number of nitrogens with zero attached hydrogens (tertiary/aromatic N) is 1. The van der Waals surface area contributed by atoms with Crippen LogP contribution in [0, 0.1) is 0 Å². The summed E-state index contributed by atoms with van der Waals surface area (Å²) in [6.45, 7) is 6.46. The highest BCUT2D eigenvalue weighted by atomic mass is 16.5. The fourth-order valence-electron chi connectivity index (χ4n) is 2.64. The molecule has 6 heteroatoms. The van der Waals surface area contributed by atoms with Crippen molar-refractivity contribution in [2.75, 3.05) is 32.7 Å². The summed E-state index contributed by atoms with van der Waals surface area (Å²) < 4.78 is 16.3. The van der Waals surface area contributed by atoms with Crippen LogP contribution in [-0.4, -0.2) is 33.3 Å². The average Bonchev–Trinajstić information content (AvgIpc) is 2.68. The first-order valence-corrected chi connectivity index (χ1v) is 9.13. The maximum absolute atomic E-state index is 5.64. The van der Waals surface area contributed by atoms with Crippen molar-refractivity contribution in [3.8, 4) is 11.5 Å². The Morgan fingerprint density at radius 1 is 1.00 bits per heavy atom. The molecule has 0 aliphatic heterocycles. The summed E-state index contributed by atoms with van der Waals surface area (Å²) in [4.78, 5) is 4.71. The van der Waals surface area contributed by atoms with Crippen LogP contribution in [0.5, 0.6) is 11.5 Å². The van der Waals surface area contributed by atoms with Crippen LogP contribution in [0.3, 0.4) is 0 Å². The second-order valence-electron chi connectivity index (χ2n) is 5.82. The predicted molar refractivity (Wildman–Crippen MR) is 110 cm³/mol. The van der Waals surface area contributed by atoms with Crippen molar-refractivity contribution in [1.29, 1.82) is 0 Å². The van der Waals surface area contributed by atoms with Gasteiger partial charge in [0, 0.05) is 25.4 Å². The van der Waals surface area contributed by atoms with Gasteiger partial charge < -0.3 is 24.8 Å². The summed E-state index contributed by atoms with van der Waals surface area (Å²) in [7, 11) is 3.33. The Morgan fingerprint density at radius 3 is 2.44 bits per heavy atom. The van der Waals surface area contributed by atoms with Gasteiger partial charge in [0.15, 0.2) is 17.5 Å². The van der Waals surface area contributed by atoms with Gasteiger partial charge in [-0.15, -0.1) is 0 Å². The first kappa shape index (κ1) is 20.6. The third-order valence-electron chi connectivity index (χ3n) is 3.90. The van der Waals surface area contributed by atoms with E-state index in [2.05, 4.69) is 22.8 Å². The second-order valence-corrected chi connectivity index (χ2v) is 5.82. The van der Waals surface area contributed by atoms with E-state index in [4.69, 9.17) is 19.2 Å². The standard InChI is InChI=1S/C21H29N3O3/c1-5-22-21(23-14-16-9-7-8-10-17(16)15-25-3)24-18-11-12-19(26-4)20(13-18)27-6-2/h7-13H,5-6,14-15H2,1-4H3,(H2,22,23,24). The molecule has 6 nitrogen and oxygen atoms in total. The number of hydrogen-bond acceptors (Lipinski definition) is 4. The van der Waals surface area contributed by atoms with Crippen molar-refractivity contribution in [2.45, 2.75) is 27.0 Å². The fourth-order valence-corrected chi connectivity index (χ4v) is 2.64. The van der Waals surface area contributed by atoms with Gasteiger partial charge >= 0.3 is 0 Å². The highest BCUT2D eigenvalue weighted by Gasteiger charge is 2.07. The van der Waals surface area contributed by atoms with Crippen molar-refractivity contribution < 1.29 is 14.2 Å². The van der Waals surface area contributed by atoms with Gasteiger partial charge in [-0.25, -0.2) is 4.99 Å². The van der Waals surface area contributed by atoms with E-state index < -0.39 is 0 Å². The summed E-state index contributed by atoms with van der Waals surface area (Å²) in [5.74, 6) is 2.11. The van der Waals surface area contributed by atoms with Gasteiger partial charge in [-0.2, -0.15) is 0 Å². The lowest BCUT2D eigenvalue weighted by Gasteiger charge is -2.15. The number of nitrogens with one attached hydrogen (secondary N) is 2. The Balaban J connectivity index is 2.18. The Kier molecular flexibility index (Phi) is 8.45. The van der Waals surface area contributed by atoms with Crippen molar-refractivity contribution >= 4 is 11.6 Å². The average molecular weight is 371 g/mol. The van der Waals surface area contributed by atoms with Crippen molar-refractivity contribution in [3.63, 3.8) is 0 Å². The molecule has 2 rings (SSSR count). The molecule has 0 amide bonds. The Morgan fingerprint density at radius 2 is 1.78 bits per heavy atom. The van der Waals surface area contributed by atoms with Gasteiger partial charge in [-0.05, 0) is 37.1 Å². The minimum absolute atomic E-state index is 0.559. The molecule has 2 aromatic carbocycles. The number of benzene rings is 2. The minimum atomic E-state index is 0.559. The largest absolute Gasteiger partial charge is 0.493 e. The number of aliphatic imine (C=N–C) groups is 1. The normalized spacial score (nSPS) is 11.2. The number of rotatable bonds is 9. The molecule has 2 aromatic rings. The molecule has 0 radical (unpaired) electrons. The van der Waals surface area contributed by atoms with Crippen LogP contribution in [0.15, 0.2) is 47.5 Å². The SMILES string of the molecule is CCNC(=NCc1ccccc1COC)Nc1ccc(OC)c(OCC)c1. The third kappa shape index (κ3) is 6.18. The zero-order chi connectivity index (χ0) is 19.5. The summed E-state index contributed by atoms with van der Waals surface area (Å²) in [6.07, 6.45) is 0. The van der Waals surface area contributed by atoms with E-state index in [1.54, 1.807) is 14.2 Å². The van der Waals surface area contributed by atoms with E-state index in [0.29, 0.717) is 37.2 Å². The van der Waals surface area contributed by atoms with Gasteiger partial charge in [0.2, 0.25) is 0 Å². The third-order valence-corrected chi connectivity index (χ3v) is 3.90. The quantitative estimate of drug-likeness (QED) is 0.518. The Hall–Kier alpha value is -2.73. The number of methoxy groups -OCH3 is 2. The van der Waals surface area contributed by atoms with Gasteiger partial charge in [-0.1, -0.05) is 24.3 Å². The topological polar surface area (TPSA) is 64.1 Å². The molecule has 0 heterocycles. The minimum Gasteiger partial charge on any atom is -0.493 e. The number of anilines is 1. The molecule has 0 fully saturated rings. The molecule has 0 spiro atoms. The number of guanidine groups is 1. The maximum atomic E-state index is 5.64. The summed E-state index contributed by atoms with van der Waals surface area (Å²) in [5, 5.41) is 6.59. The molecule has 0 aromatic heterocycles. The van der Waals surface area contributed by atoms with E-state index >= 15 is 0 Å². The molecule has 146 valence electrons. The molecule has 0 unspecified atom stereocenters. The smallest absolute Gasteiger partial charge is 0.196 e. The van der Waals surface area contributed by atoms with Crippen LogP contribution in [0.1, 0.15) is 25.0 Å². The highest BCUT2D eigenvalue weighted by Crippen LogP contribution is 2.30. The molecular formula is C21H29N3O3. The van der Waals surface area contributed by atoms with E-state index in [0.717, 1.165) is 23.4 Å². The molecular weight excluding hydrogens is 342 g/mol. The lowest BCUT2D eigenvalue weighted by molar-refractivity contribution is 0.184. The van der Waals surface area contributed by atoms with Gasteiger partial charge in [0.1, 0.15) is 0 Å². The Labute approximate surface area is 161 Å². The van der Waals surface area contributed by atoms with Crippen molar-refractivity contribution in [3.05, 3.63) is 53.6 Å². The Bertz CT molecular complexity index is 747. The lowest BCUT2D eigenvalue weighted by Crippen LogP contribution is -2.30. The first-order valence-electron chi connectivity index (χ1n) is 9.13. The van der Waals surface area contributed by atoms with Crippen LogP contribution in [-0.2, 0) is 17.9 Å². The number of hydrogen-bond donors (Lipinski definition) is 2. The van der Waals surface area contributed by atoms with Gasteiger partial charge in [0.05, 0.1) is 26.9 Å². The molecule has 0 saturated heterocycles. The summed E-state index contributed by atoms with van der Waals surface area (Å²) in [6, 6.07) is 13.9. The molecule has 0 aliphatic rings. The van der Waals surface area contributed by atoms with Crippen molar-refractivity contribution in [1.82, 2.24) is 5.32 Å². The zero-order valence-electron chi connectivity index (χ0n) is 16.5. The molecule has 27 heavy (non-hydrogen) atoms. The monoisotopic (exact) mass is 371 g/mol. The highest BCUT2D eigenvalue weighted by molar-refractivity contribution is 5.93. The van der Waals surface area contributed by atoms with Crippen LogP contribution < -0.4 is 20.1 Å². The van der Waals surface area contributed by atoms with E-state index in [-0.39, 0.29) is 0 Å². The number of ether oxygens (including phenoxy) is 3. The van der Waals surface area contributed by atoms with Gasteiger partial charge in [-0.3, -0.25) is 0 Å². The molecule has 0 bridgehead atoms. The first-order chi connectivity index (χ1) is 13.2. The predicted octanol–water partition coefficient (Wildman–Crippen LogP) is 3.82. The van der Waals surface area contributed by atoms with Crippen LogP contribution in [0.2, 0.25) is 0 Å². The molecule has 2 N–H and O–H groups in total. The van der Waals surface area contributed by atoms with Crippen LogP contribution in [0.4, 0.5) is 5.69 Å². The summed E-state index contributed by atoms with van der Waals surface area (Å²) >= 11 is 0. The summed E-state index contributed by atoms with van der Waals surface area (Å²) in [5.41, 5.74) is 3.16. The van der Waals surface area contributed by atoms with E-state index in [1.807, 2.05) is 44.2 Å². The van der Waals surface area contributed by atoms with E-state index in [1.165, 1.54) is 0 Å². The van der Waals surface area contributed by atoms with Crippen molar-refractivity contribution in [2.24, 2.45) is 4.99 Å². The molecule has 0 atom stereocenters.